The number of benzene rings is 1. The third-order valence-electron chi connectivity index (χ3n) is 5.21. The molecule has 2 atom stereocenters. The first-order valence-corrected chi connectivity index (χ1v) is 8.75. The summed E-state index contributed by atoms with van der Waals surface area (Å²) in [6.45, 7) is 12.8. The summed E-state index contributed by atoms with van der Waals surface area (Å²) < 4.78 is 0. The lowest BCUT2D eigenvalue weighted by Crippen LogP contribution is -2.39. The molecule has 21 heavy (non-hydrogen) atoms. The molecule has 0 bridgehead atoms. The van der Waals surface area contributed by atoms with Gasteiger partial charge in [-0.05, 0) is 56.6 Å². The van der Waals surface area contributed by atoms with Crippen LogP contribution in [0.4, 0.5) is 0 Å². The van der Waals surface area contributed by atoms with Gasteiger partial charge in [-0.15, -0.1) is 0 Å². The van der Waals surface area contributed by atoms with Crippen molar-refractivity contribution >= 4 is 0 Å². The van der Waals surface area contributed by atoms with E-state index in [4.69, 9.17) is 0 Å². The van der Waals surface area contributed by atoms with Crippen LogP contribution in [0.1, 0.15) is 75.6 Å². The monoisotopic (exact) mass is 287 g/mol. The smallest absolute Gasteiger partial charge is 0.0353 e. The van der Waals surface area contributed by atoms with E-state index in [0.29, 0.717) is 11.5 Å². The van der Waals surface area contributed by atoms with Crippen LogP contribution in [-0.2, 0) is 0 Å². The predicted octanol–water partition coefficient (Wildman–Crippen LogP) is 5.56. The minimum atomic E-state index is 0.446. The minimum Gasteiger partial charge on any atom is -0.310 e. The minimum absolute atomic E-state index is 0.446. The van der Waals surface area contributed by atoms with E-state index >= 15 is 0 Å². The molecule has 1 saturated carbocycles. The molecule has 0 radical (unpaired) electrons. The largest absolute Gasteiger partial charge is 0.310 e. The normalized spacial score (nSPS) is 23.0. The quantitative estimate of drug-likeness (QED) is 0.747. The number of aryl methyl sites for hydroxylation is 2. The van der Waals surface area contributed by atoms with Crippen LogP contribution in [0.25, 0.3) is 0 Å². The summed E-state index contributed by atoms with van der Waals surface area (Å²) in [5.41, 5.74) is 4.73. The molecular weight excluding hydrogens is 254 g/mol. The number of nitrogens with one attached hydrogen (secondary N) is 1. The lowest BCUT2D eigenvalue weighted by Gasteiger charge is -2.44. The van der Waals surface area contributed by atoms with Crippen LogP contribution in [0.2, 0.25) is 0 Å². The predicted molar refractivity (Wildman–Crippen MR) is 92.7 cm³/mol. The highest BCUT2D eigenvalue weighted by molar-refractivity contribution is 5.31. The maximum absolute atomic E-state index is 3.87. The van der Waals surface area contributed by atoms with Gasteiger partial charge in [0.1, 0.15) is 0 Å². The molecule has 0 saturated heterocycles. The maximum atomic E-state index is 3.87. The SMILES string of the molecule is CCCNC(c1cc(C)cc(C)c1)C1CCCCC1(C)C. The Balaban J connectivity index is 2.32. The van der Waals surface area contributed by atoms with Crippen molar-refractivity contribution in [3.63, 3.8) is 0 Å². The van der Waals surface area contributed by atoms with Gasteiger partial charge in [-0.25, -0.2) is 0 Å². The highest BCUT2D eigenvalue weighted by Crippen LogP contribution is 2.47. The van der Waals surface area contributed by atoms with Crippen molar-refractivity contribution in [2.24, 2.45) is 11.3 Å². The van der Waals surface area contributed by atoms with Gasteiger partial charge in [0.05, 0.1) is 0 Å². The first-order valence-electron chi connectivity index (χ1n) is 8.75. The summed E-state index contributed by atoms with van der Waals surface area (Å²) in [6.07, 6.45) is 6.72. The molecule has 1 aromatic rings. The molecule has 2 unspecified atom stereocenters. The van der Waals surface area contributed by atoms with Crippen molar-refractivity contribution < 1.29 is 0 Å². The molecule has 0 amide bonds. The Bertz CT molecular complexity index is 441. The Labute approximate surface area is 131 Å². The summed E-state index contributed by atoms with van der Waals surface area (Å²) >= 11 is 0. The Morgan fingerprint density at radius 1 is 1.14 bits per heavy atom. The van der Waals surface area contributed by atoms with E-state index < -0.39 is 0 Å². The van der Waals surface area contributed by atoms with Crippen LogP contribution in [0.3, 0.4) is 0 Å². The van der Waals surface area contributed by atoms with Crippen LogP contribution < -0.4 is 5.32 Å². The van der Waals surface area contributed by atoms with Gasteiger partial charge < -0.3 is 5.32 Å². The summed E-state index contributed by atoms with van der Waals surface area (Å²) in [5, 5.41) is 3.87. The van der Waals surface area contributed by atoms with Gasteiger partial charge in [0.2, 0.25) is 0 Å². The second-order valence-corrected chi connectivity index (χ2v) is 7.69. The van der Waals surface area contributed by atoms with E-state index in [9.17, 15) is 0 Å². The molecule has 0 aromatic heterocycles. The van der Waals surface area contributed by atoms with Gasteiger partial charge in [0.25, 0.3) is 0 Å². The van der Waals surface area contributed by atoms with Gasteiger partial charge in [-0.2, -0.15) is 0 Å². The molecular formula is C20H33N. The fraction of sp³-hybridized carbons (Fsp3) is 0.700. The lowest BCUT2D eigenvalue weighted by atomic mass is 9.64. The number of rotatable bonds is 5. The molecule has 118 valence electrons. The van der Waals surface area contributed by atoms with Gasteiger partial charge in [-0.3, -0.25) is 0 Å². The molecule has 0 aliphatic heterocycles. The van der Waals surface area contributed by atoms with Crippen LogP contribution in [-0.4, -0.2) is 6.54 Å². The summed E-state index contributed by atoms with van der Waals surface area (Å²) in [5.74, 6) is 0.749. The maximum Gasteiger partial charge on any atom is 0.0353 e. The topological polar surface area (TPSA) is 12.0 Å². The number of hydrogen-bond donors (Lipinski definition) is 1. The van der Waals surface area contributed by atoms with E-state index in [1.165, 1.54) is 48.8 Å². The Kier molecular flexibility index (Phi) is 5.48. The van der Waals surface area contributed by atoms with E-state index in [1.807, 2.05) is 0 Å². The third-order valence-corrected chi connectivity index (χ3v) is 5.21. The summed E-state index contributed by atoms with van der Waals surface area (Å²) in [4.78, 5) is 0. The zero-order valence-corrected chi connectivity index (χ0v) is 14.6. The Hall–Kier alpha value is -0.820. The zero-order chi connectivity index (χ0) is 15.5. The molecule has 1 aromatic carbocycles. The van der Waals surface area contributed by atoms with Gasteiger partial charge in [0, 0.05) is 6.04 Å². The second kappa shape index (κ2) is 6.96. The average molecular weight is 287 g/mol. The standard InChI is InChI=1S/C20H33N/c1-6-11-21-19(17-13-15(2)12-16(3)14-17)18-9-7-8-10-20(18,4)5/h12-14,18-19,21H,6-11H2,1-5H3. The fourth-order valence-corrected chi connectivity index (χ4v) is 4.12. The van der Waals surface area contributed by atoms with Crippen molar-refractivity contribution in [2.75, 3.05) is 6.54 Å². The summed E-state index contributed by atoms with van der Waals surface area (Å²) in [6, 6.07) is 7.58. The molecule has 1 heteroatoms. The Morgan fingerprint density at radius 2 is 1.81 bits per heavy atom. The highest BCUT2D eigenvalue weighted by atomic mass is 14.9. The van der Waals surface area contributed by atoms with Crippen molar-refractivity contribution in [3.8, 4) is 0 Å². The molecule has 1 aliphatic carbocycles. The molecule has 1 nitrogen and oxygen atoms in total. The van der Waals surface area contributed by atoms with Crippen LogP contribution in [0.5, 0.6) is 0 Å². The molecule has 1 N–H and O–H groups in total. The van der Waals surface area contributed by atoms with Crippen molar-refractivity contribution in [3.05, 3.63) is 34.9 Å². The van der Waals surface area contributed by atoms with Gasteiger partial charge >= 0.3 is 0 Å². The molecule has 2 rings (SSSR count). The van der Waals surface area contributed by atoms with Crippen molar-refractivity contribution in [2.45, 2.75) is 72.8 Å². The van der Waals surface area contributed by atoms with Crippen LogP contribution in [0, 0.1) is 25.2 Å². The summed E-state index contributed by atoms with van der Waals surface area (Å²) in [7, 11) is 0. The fourth-order valence-electron chi connectivity index (χ4n) is 4.12. The van der Waals surface area contributed by atoms with Crippen LogP contribution >= 0.6 is 0 Å². The lowest BCUT2D eigenvalue weighted by molar-refractivity contribution is 0.0981. The number of hydrogen-bond acceptors (Lipinski definition) is 1. The third kappa shape index (κ3) is 4.10. The molecule has 0 heterocycles. The molecule has 1 aliphatic rings. The second-order valence-electron chi connectivity index (χ2n) is 7.69. The zero-order valence-electron chi connectivity index (χ0n) is 14.6. The Morgan fingerprint density at radius 3 is 2.38 bits per heavy atom. The first-order chi connectivity index (χ1) is 9.94. The van der Waals surface area contributed by atoms with E-state index in [-0.39, 0.29) is 0 Å². The van der Waals surface area contributed by atoms with Crippen molar-refractivity contribution in [1.82, 2.24) is 5.32 Å². The van der Waals surface area contributed by atoms with E-state index in [2.05, 4.69) is 58.1 Å². The van der Waals surface area contributed by atoms with Gasteiger partial charge in [0.15, 0.2) is 0 Å². The first kappa shape index (κ1) is 16.5. The average Bonchev–Trinajstić information content (AvgIpc) is 2.39. The van der Waals surface area contributed by atoms with Crippen molar-refractivity contribution in [1.29, 1.82) is 0 Å². The molecule has 0 spiro atoms. The van der Waals surface area contributed by atoms with E-state index in [0.717, 1.165) is 12.5 Å². The van der Waals surface area contributed by atoms with E-state index in [1.54, 1.807) is 0 Å². The molecule has 1 fully saturated rings. The van der Waals surface area contributed by atoms with Crippen LogP contribution in [0.15, 0.2) is 18.2 Å². The highest BCUT2D eigenvalue weighted by Gasteiger charge is 2.37. The van der Waals surface area contributed by atoms with Gasteiger partial charge in [-0.1, -0.05) is 62.9 Å².